The fraction of sp³-hybridized carbons (Fsp3) is 0.400. The number of nitrogens with one attached hydrogen (secondary N) is 2. The van der Waals surface area contributed by atoms with Crippen molar-refractivity contribution in [3.8, 4) is 22.0 Å². The van der Waals surface area contributed by atoms with E-state index in [9.17, 15) is 4.79 Å². The molecule has 2 atom stereocenters. The van der Waals surface area contributed by atoms with Crippen LogP contribution in [0.5, 0.6) is 0 Å². The number of esters is 1. The Balaban J connectivity index is 1.46. The summed E-state index contributed by atoms with van der Waals surface area (Å²) >= 11 is 7.49. The van der Waals surface area contributed by atoms with Gasteiger partial charge in [0.2, 0.25) is 0 Å². The van der Waals surface area contributed by atoms with Crippen molar-refractivity contribution in [1.29, 1.82) is 0 Å². The monoisotopic (exact) mass is 526 g/mol. The van der Waals surface area contributed by atoms with Crippen LogP contribution in [0.1, 0.15) is 32.6 Å². The average Bonchev–Trinajstić information content (AvgIpc) is 3.56. The van der Waals surface area contributed by atoms with Gasteiger partial charge in [0.05, 0.1) is 29.2 Å². The van der Waals surface area contributed by atoms with Gasteiger partial charge < -0.3 is 15.0 Å². The van der Waals surface area contributed by atoms with Crippen molar-refractivity contribution < 1.29 is 13.9 Å². The molecule has 3 fully saturated rings. The number of aromatic nitrogens is 5. The lowest BCUT2D eigenvalue weighted by Gasteiger charge is -2.47. The van der Waals surface area contributed by atoms with Gasteiger partial charge in [0.15, 0.2) is 23.1 Å². The number of nitrogens with zero attached hydrogens (tertiary/aromatic N) is 4. The van der Waals surface area contributed by atoms with E-state index in [4.69, 9.17) is 16.3 Å². The predicted molar refractivity (Wildman–Crippen MR) is 136 cm³/mol. The first-order chi connectivity index (χ1) is 17.5. The second-order valence-electron chi connectivity index (χ2n) is 9.25. The van der Waals surface area contributed by atoms with Gasteiger partial charge in [-0.3, -0.25) is 4.79 Å². The van der Waals surface area contributed by atoms with E-state index in [-0.39, 0.29) is 46.4 Å². The van der Waals surface area contributed by atoms with Crippen LogP contribution in [0.4, 0.5) is 10.2 Å². The summed E-state index contributed by atoms with van der Waals surface area (Å²) in [5.74, 6) is -0.284. The molecule has 11 heteroatoms. The van der Waals surface area contributed by atoms with E-state index in [1.807, 2.05) is 17.5 Å². The molecule has 4 aromatic rings. The minimum absolute atomic E-state index is 0.0691. The normalized spacial score (nSPS) is 23.2. The standard InChI is InChI=1S/C25H24ClFN6O2S/c1-2-35-25(34)17-12-5-7-13(8-6-12)19(17)31-23-18(27)21(15-4-3-9-36-15)32-22(33-23)14-10-28-24-20(14)30-16(26)11-29-24/h3-4,9-13,17,19H,2,5-8H2,1H3,(H,28,29)(H,31,32,33)/t12?,13?,17-,19-/m1/s1. The van der Waals surface area contributed by atoms with Gasteiger partial charge >= 0.3 is 5.97 Å². The van der Waals surface area contributed by atoms with Crippen molar-refractivity contribution in [2.45, 2.75) is 38.6 Å². The molecule has 0 spiro atoms. The number of carbonyl (C=O) groups excluding carboxylic acids is 1. The summed E-state index contributed by atoms with van der Waals surface area (Å²) in [5, 5.41) is 5.45. The molecule has 4 heterocycles. The largest absolute Gasteiger partial charge is 0.466 e. The maximum atomic E-state index is 16.0. The highest BCUT2D eigenvalue weighted by atomic mass is 35.5. The molecule has 3 aliphatic carbocycles. The number of hydrogen-bond acceptors (Lipinski definition) is 8. The zero-order valence-electron chi connectivity index (χ0n) is 19.5. The van der Waals surface area contributed by atoms with Crippen LogP contribution >= 0.6 is 22.9 Å². The third-order valence-electron chi connectivity index (χ3n) is 7.28. The van der Waals surface area contributed by atoms with Crippen LogP contribution in [0, 0.1) is 23.6 Å². The number of ether oxygens (including phenoxy) is 1. The summed E-state index contributed by atoms with van der Waals surface area (Å²) in [4.78, 5) is 34.5. The van der Waals surface area contributed by atoms with Gasteiger partial charge in [-0.05, 0) is 55.9 Å². The Labute approximate surface area is 215 Å². The summed E-state index contributed by atoms with van der Waals surface area (Å²) in [6.07, 6.45) is 7.10. The topological polar surface area (TPSA) is 106 Å². The van der Waals surface area contributed by atoms with E-state index < -0.39 is 5.82 Å². The second kappa shape index (κ2) is 9.40. The molecule has 0 unspecified atom stereocenters. The number of anilines is 1. The fourth-order valence-corrected chi connectivity index (χ4v) is 6.51. The molecule has 2 N–H and O–H groups in total. The average molecular weight is 527 g/mol. The molecule has 4 aromatic heterocycles. The van der Waals surface area contributed by atoms with E-state index in [0.29, 0.717) is 34.0 Å². The van der Waals surface area contributed by atoms with Crippen molar-refractivity contribution in [2.75, 3.05) is 11.9 Å². The number of fused-ring (bicyclic) bond motifs is 4. The molecule has 3 aliphatic rings. The van der Waals surface area contributed by atoms with Crippen LogP contribution in [0.15, 0.2) is 29.9 Å². The third kappa shape index (κ3) is 4.02. The lowest BCUT2D eigenvalue weighted by atomic mass is 9.61. The molecule has 8 nitrogen and oxygen atoms in total. The Hall–Kier alpha value is -3.11. The molecular weight excluding hydrogens is 503 g/mol. The predicted octanol–water partition coefficient (Wildman–Crippen LogP) is 5.72. The SMILES string of the molecule is CCOC(=O)[C@@H]1C2CCC(CC2)[C@H]1Nc1nc(-c2c[nH]c3ncc(Cl)nc23)nc(-c2cccs2)c1F. The number of H-pyrrole nitrogens is 1. The quantitative estimate of drug-likeness (QED) is 0.310. The molecular formula is C25H24ClFN6O2S. The van der Waals surface area contributed by atoms with Gasteiger partial charge in [0, 0.05) is 12.2 Å². The highest BCUT2D eigenvalue weighted by Crippen LogP contribution is 2.47. The van der Waals surface area contributed by atoms with Crippen molar-refractivity contribution in [3.63, 3.8) is 0 Å². The van der Waals surface area contributed by atoms with Crippen LogP contribution < -0.4 is 5.32 Å². The molecule has 2 bridgehead atoms. The maximum absolute atomic E-state index is 16.0. The molecule has 0 aliphatic heterocycles. The number of carbonyl (C=O) groups is 1. The van der Waals surface area contributed by atoms with Crippen molar-refractivity contribution in [1.82, 2.24) is 24.9 Å². The van der Waals surface area contributed by atoms with Gasteiger partial charge in [-0.2, -0.15) is 0 Å². The fourth-order valence-electron chi connectivity index (χ4n) is 5.67. The Morgan fingerprint density at radius 2 is 2.06 bits per heavy atom. The number of aromatic amines is 1. The Bertz CT molecular complexity index is 1420. The first kappa shape index (κ1) is 23.3. The number of halogens is 2. The molecule has 3 saturated carbocycles. The Morgan fingerprint density at radius 1 is 1.25 bits per heavy atom. The first-order valence-electron chi connectivity index (χ1n) is 12.1. The lowest BCUT2D eigenvalue weighted by Crippen LogP contribution is -2.52. The molecule has 0 radical (unpaired) electrons. The highest BCUT2D eigenvalue weighted by Gasteiger charge is 2.48. The Kier molecular flexibility index (Phi) is 6.08. The van der Waals surface area contributed by atoms with E-state index >= 15 is 4.39 Å². The zero-order valence-corrected chi connectivity index (χ0v) is 21.1. The molecule has 36 heavy (non-hydrogen) atoms. The van der Waals surface area contributed by atoms with E-state index in [2.05, 4.69) is 30.2 Å². The summed E-state index contributed by atoms with van der Waals surface area (Å²) in [6.45, 7) is 2.12. The smallest absolute Gasteiger partial charge is 0.311 e. The van der Waals surface area contributed by atoms with Crippen LogP contribution in [-0.2, 0) is 9.53 Å². The van der Waals surface area contributed by atoms with Gasteiger partial charge in [-0.1, -0.05) is 17.7 Å². The minimum Gasteiger partial charge on any atom is -0.466 e. The van der Waals surface area contributed by atoms with E-state index in [0.717, 1.165) is 25.7 Å². The second-order valence-corrected chi connectivity index (χ2v) is 10.6. The third-order valence-corrected chi connectivity index (χ3v) is 8.34. The van der Waals surface area contributed by atoms with E-state index in [1.54, 1.807) is 13.1 Å². The zero-order chi connectivity index (χ0) is 24.8. The van der Waals surface area contributed by atoms with Gasteiger partial charge in [-0.15, -0.1) is 11.3 Å². The maximum Gasteiger partial charge on any atom is 0.311 e. The number of rotatable bonds is 6. The van der Waals surface area contributed by atoms with Gasteiger partial charge in [0.25, 0.3) is 0 Å². The van der Waals surface area contributed by atoms with Gasteiger partial charge in [0.1, 0.15) is 16.4 Å². The van der Waals surface area contributed by atoms with Crippen molar-refractivity contribution in [2.24, 2.45) is 17.8 Å². The van der Waals surface area contributed by atoms with Crippen LogP contribution in [0.25, 0.3) is 33.1 Å². The van der Waals surface area contributed by atoms with Crippen molar-refractivity contribution >= 4 is 45.9 Å². The van der Waals surface area contributed by atoms with Crippen LogP contribution in [0.2, 0.25) is 5.15 Å². The summed E-state index contributed by atoms with van der Waals surface area (Å²) in [5.41, 5.74) is 1.78. The highest BCUT2D eigenvalue weighted by molar-refractivity contribution is 7.13. The minimum atomic E-state index is -0.547. The molecule has 186 valence electrons. The summed E-state index contributed by atoms with van der Waals surface area (Å²) in [6, 6.07) is 3.41. The van der Waals surface area contributed by atoms with E-state index in [1.165, 1.54) is 17.5 Å². The molecule has 0 aromatic carbocycles. The Morgan fingerprint density at radius 3 is 2.81 bits per heavy atom. The summed E-state index contributed by atoms with van der Waals surface area (Å²) < 4.78 is 21.4. The number of thiophene rings is 1. The molecule has 0 saturated heterocycles. The lowest BCUT2D eigenvalue weighted by molar-refractivity contribution is -0.154. The summed E-state index contributed by atoms with van der Waals surface area (Å²) in [7, 11) is 0. The van der Waals surface area contributed by atoms with Crippen molar-refractivity contribution in [3.05, 3.63) is 40.9 Å². The van der Waals surface area contributed by atoms with Crippen LogP contribution in [-0.4, -0.2) is 43.5 Å². The molecule has 0 amide bonds. The first-order valence-corrected chi connectivity index (χ1v) is 13.3. The van der Waals surface area contributed by atoms with Gasteiger partial charge in [-0.25, -0.2) is 24.3 Å². The number of hydrogen-bond donors (Lipinski definition) is 2. The van der Waals surface area contributed by atoms with Crippen LogP contribution in [0.3, 0.4) is 0 Å². The molecule has 7 rings (SSSR count).